The third kappa shape index (κ3) is 67.1. The van der Waals surface area contributed by atoms with Crippen LogP contribution in [0.2, 0.25) is 0 Å². The van der Waals surface area contributed by atoms with Crippen LogP contribution in [0.25, 0.3) is 0 Å². The van der Waals surface area contributed by atoms with E-state index in [0.717, 1.165) is 44.9 Å². The van der Waals surface area contributed by atoms with Crippen molar-refractivity contribution in [1.82, 2.24) is 0 Å². The van der Waals surface area contributed by atoms with Crippen LogP contribution < -0.4 is 4.89 Å². The van der Waals surface area contributed by atoms with E-state index in [-0.39, 0.29) is 32.0 Å². The number of hydrogen-bond acceptors (Lipinski definition) is 8. The van der Waals surface area contributed by atoms with Crippen LogP contribution in [0.3, 0.4) is 0 Å². The van der Waals surface area contributed by atoms with Crippen LogP contribution >= 0.6 is 7.82 Å². The summed E-state index contributed by atoms with van der Waals surface area (Å²) in [6.45, 7) is 4.29. The fourth-order valence-electron chi connectivity index (χ4n) is 10.4. The quantitative estimate of drug-likeness (QED) is 0.0195. The van der Waals surface area contributed by atoms with Crippen molar-refractivity contribution in [2.75, 3.05) is 47.5 Å². The maximum atomic E-state index is 12.9. The fourth-order valence-corrected chi connectivity index (χ4v) is 11.1. The van der Waals surface area contributed by atoms with Crippen molar-refractivity contribution in [3.05, 3.63) is 48.6 Å². The Balaban J connectivity index is 4.00. The number of carbonyl (C=O) groups is 2. The van der Waals surface area contributed by atoms with Crippen LogP contribution in [0.1, 0.15) is 348 Å². The van der Waals surface area contributed by atoms with Crippen molar-refractivity contribution in [3.63, 3.8) is 0 Å². The number of allylic oxidation sites excluding steroid dienone is 8. The lowest BCUT2D eigenvalue weighted by Crippen LogP contribution is -2.37. The number of hydrogen-bond donors (Lipinski definition) is 0. The van der Waals surface area contributed by atoms with Crippen LogP contribution in [-0.4, -0.2) is 70.0 Å². The monoisotopic (exact) mass is 1170 g/mol. The molecule has 0 amide bonds. The van der Waals surface area contributed by atoms with Gasteiger partial charge in [-0.1, -0.05) is 306 Å². The summed E-state index contributed by atoms with van der Waals surface area (Å²) in [5.41, 5.74) is 0. The Morgan fingerprint density at radius 3 is 0.988 bits per heavy atom. The van der Waals surface area contributed by atoms with Crippen LogP contribution in [0.4, 0.5) is 0 Å². The van der Waals surface area contributed by atoms with E-state index in [1.54, 1.807) is 0 Å². The molecule has 82 heavy (non-hydrogen) atoms. The van der Waals surface area contributed by atoms with Crippen LogP contribution in [0, 0.1) is 0 Å². The molecule has 0 aliphatic rings. The summed E-state index contributed by atoms with van der Waals surface area (Å²) in [7, 11) is 1.18. The Labute approximate surface area is 509 Å². The van der Waals surface area contributed by atoms with E-state index in [0.29, 0.717) is 17.4 Å². The molecule has 10 heteroatoms. The van der Waals surface area contributed by atoms with Gasteiger partial charge in [-0.3, -0.25) is 14.2 Å². The van der Waals surface area contributed by atoms with E-state index < -0.39 is 26.5 Å². The van der Waals surface area contributed by atoms with Gasteiger partial charge in [-0.25, -0.2) is 0 Å². The molecule has 0 saturated carbocycles. The van der Waals surface area contributed by atoms with E-state index in [2.05, 4.69) is 62.5 Å². The molecule has 0 N–H and O–H groups in total. The van der Waals surface area contributed by atoms with Crippen molar-refractivity contribution in [3.8, 4) is 0 Å². The zero-order valence-electron chi connectivity index (χ0n) is 55.0. The molecule has 0 aliphatic carbocycles. The summed E-state index contributed by atoms with van der Waals surface area (Å²) < 4.78 is 34.3. The molecule has 2 atom stereocenters. The van der Waals surface area contributed by atoms with Crippen molar-refractivity contribution in [2.45, 2.75) is 354 Å². The summed E-state index contributed by atoms with van der Waals surface area (Å²) in [6, 6.07) is 0. The van der Waals surface area contributed by atoms with Gasteiger partial charge in [0.2, 0.25) is 0 Å². The number of carbonyl (C=O) groups excluding carboxylic acids is 2. The highest BCUT2D eigenvalue weighted by Gasteiger charge is 2.22. The lowest BCUT2D eigenvalue weighted by atomic mass is 10.0. The topological polar surface area (TPSA) is 111 Å². The number of esters is 2. The second kappa shape index (κ2) is 63.5. The standard InChI is InChI=1S/C72H136NO8P/c1-6-8-10-12-14-16-18-20-22-24-26-28-30-32-33-34-35-36-37-38-39-41-43-45-47-49-51-53-55-57-59-61-63-65-72(75)81-70(69-80-82(76,77)79-67-66-73(3,4)5)68-78-71(74)64-62-60-58-56-54-52-50-48-46-44-42-40-31-29-27-25-23-21-19-17-15-13-11-9-7-2/h18,20,24-27,30,32,70H,6-17,19,21-23,28-29,31,33-69H2,1-5H3/b20-18-,26-24-,27-25-,32-30-. The van der Waals surface area contributed by atoms with Crippen molar-refractivity contribution in [1.29, 1.82) is 0 Å². The van der Waals surface area contributed by atoms with E-state index in [9.17, 15) is 19.0 Å². The molecule has 0 saturated heterocycles. The first-order valence-corrected chi connectivity index (χ1v) is 36.8. The highest BCUT2D eigenvalue weighted by Crippen LogP contribution is 2.38. The summed E-state index contributed by atoms with van der Waals surface area (Å²) in [6.07, 6.45) is 81.9. The average molecular weight is 1170 g/mol. The second-order valence-corrected chi connectivity index (χ2v) is 26.7. The van der Waals surface area contributed by atoms with Gasteiger partial charge in [-0.2, -0.15) is 0 Å². The average Bonchev–Trinajstić information content (AvgIpc) is 3.46. The van der Waals surface area contributed by atoms with Gasteiger partial charge >= 0.3 is 11.9 Å². The predicted molar refractivity (Wildman–Crippen MR) is 351 cm³/mol. The lowest BCUT2D eigenvalue weighted by Gasteiger charge is -2.28. The first-order chi connectivity index (χ1) is 40.0. The number of likely N-dealkylation sites (N-methyl/N-ethyl adjacent to an activating group) is 1. The smallest absolute Gasteiger partial charge is 0.306 e. The molecular formula is C72H136NO8P. The number of ether oxygens (including phenoxy) is 2. The molecule has 0 rings (SSSR count). The number of quaternary nitrogens is 1. The van der Waals surface area contributed by atoms with E-state index in [1.807, 2.05) is 21.1 Å². The SMILES string of the molecule is CCCCCCC/C=C\C/C=C\C/C=C\CCCCCCCCCCCCCCCCCCCCC(=O)OC(COC(=O)CCCCCCCCCCCCCCC/C=C\CCCCCCCCCC)COP(=O)([O-])OCC[N+](C)(C)C. The van der Waals surface area contributed by atoms with Gasteiger partial charge in [0.15, 0.2) is 6.10 Å². The van der Waals surface area contributed by atoms with E-state index in [4.69, 9.17) is 18.5 Å². The van der Waals surface area contributed by atoms with Crippen LogP contribution in [-0.2, 0) is 32.7 Å². The van der Waals surface area contributed by atoms with Gasteiger partial charge in [-0.05, 0) is 77.0 Å². The Hall–Kier alpha value is -2.03. The Morgan fingerprint density at radius 1 is 0.378 bits per heavy atom. The minimum Gasteiger partial charge on any atom is -0.756 e. The van der Waals surface area contributed by atoms with Gasteiger partial charge in [0.1, 0.15) is 19.8 Å². The third-order valence-electron chi connectivity index (χ3n) is 15.8. The van der Waals surface area contributed by atoms with Crippen LogP contribution in [0.15, 0.2) is 48.6 Å². The second-order valence-electron chi connectivity index (χ2n) is 25.2. The molecule has 0 aromatic heterocycles. The highest BCUT2D eigenvalue weighted by molar-refractivity contribution is 7.45. The molecule has 0 bridgehead atoms. The first kappa shape index (κ1) is 80.0. The molecule has 2 unspecified atom stereocenters. The molecular weight excluding hydrogens is 1040 g/mol. The zero-order valence-corrected chi connectivity index (χ0v) is 55.8. The zero-order chi connectivity index (χ0) is 59.8. The predicted octanol–water partition coefficient (Wildman–Crippen LogP) is 22.2. The van der Waals surface area contributed by atoms with E-state index in [1.165, 1.54) is 270 Å². The highest BCUT2D eigenvalue weighted by atomic mass is 31.2. The molecule has 0 radical (unpaired) electrons. The lowest BCUT2D eigenvalue weighted by molar-refractivity contribution is -0.870. The minimum atomic E-state index is -4.64. The number of nitrogens with zero attached hydrogens (tertiary/aromatic N) is 1. The third-order valence-corrected chi connectivity index (χ3v) is 16.8. The molecule has 0 aliphatic heterocycles. The molecule has 0 fully saturated rings. The van der Waals surface area contributed by atoms with Gasteiger partial charge in [0.05, 0.1) is 27.7 Å². The summed E-state index contributed by atoms with van der Waals surface area (Å²) in [5.74, 6) is -0.816. The van der Waals surface area contributed by atoms with Crippen molar-refractivity contribution in [2.24, 2.45) is 0 Å². The van der Waals surface area contributed by atoms with Gasteiger partial charge < -0.3 is 27.9 Å². The normalized spacial score (nSPS) is 13.4. The number of phosphoric ester groups is 1. The van der Waals surface area contributed by atoms with Gasteiger partial charge in [0.25, 0.3) is 7.82 Å². The first-order valence-electron chi connectivity index (χ1n) is 35.3. The van der Waals surface area contributed by atoms with Gasteiger partial charge in [0, 0.05) is 12.8 Å². The van der Waals surface area contributed by atoms with Gasteiger partial charge in [-0.15, -0.1) is 0 Å². The van der Waals surface area contributed by atoms with Crippen LogP contribution in [0.5, 0.6) is 0 Å². The summed E-state index contributed by atoms with van der Waals surface area (Å²) in [4.78, 5) is 38.1. The molecule has 0 heterocycles. The maximum absolute atomic E-state index is 12.9. The molecule has 0 aromatic rings. The molecule has 0 spiro atoms. The number of unbranched alkanes of at least 4 members (excludes halogenated alkanes) is 44. The minimum absolute atomic E-state index is 0.0292. The summed E-state index contributed by atoms with van der Waals surface area (Å²) >= 11 is 0. The Bertz CT molecular complexity index is 1520. The van der Waals surface area contributed by atoms with Crippen molar-refractivity contribution >= 4 is 19.8 Å². The fraction of sp³-hybridized carbons (Fsp3) is 0.861. The number of phosphoric acid groups is 1. The Morgan fingerprint density at radius 2 is 0.659 bits per heavy atom. The van der Waals surface area contributed by atoms with E-state index >= 15 is 0 Å². The molecule has 0 aromatic carbocycles. The van der Waals surface area contributed by atoms with Crippen molar-refractivity contribution < 1.29 is 42.1 Å². The Kier molecular flexibility index (Phi) is 61.9. The number of rotatable bonds is 66. The maximum Gasteiger partial charge on any atom is 0.306 e. The molecule has 9 nitrogen and oxygen atoms in total. The largest absolute Gasteiger partial charge is 0.756 e. The molecule has 482 valence electrons. The summed E-state index contributed by atoms with van der Waals surface area (Å²) in [5, 5.41) is 0.